The number of rotatable bonds is 7. The van der Waals surface area contributed by atoms with Gasteiger partial charge in [-0.05, 0) is 49.2 Å². The third-order valence-corrected chi connectivity index (χ3v) is 6.37. The maximum Gasteiger partial charge on any atom is 0.337 e. The maximum absolute atomic E-state index is 13.2. The lowest BCUT2D eigenvalue weighted by atomic mass is 9.93. The summed E-state index contributed by atoms with van der Waals surface area (Å²) < 4.78 is 31.4. The first-order valence-corrected chi connectivity index (χ1v) is 13.3. The van der Waals surface area contributed by atoms with Crippen LogP contribution in [0.1, 0.15) is 40.9 Å². The number of hydrogen-bond acceptors (Lipinski definition) is 7. The second-order valence-electron chi connectivity index (χ2n) is 9.30. The Balaban J connectivity index is 1.87. The van der Waals surface area contributed by atoms with E-state index in [9.17, 15) is 18.0 Å². The van der Waals surface area contributed by atoms with Gasteiger partial charge in [0.1, 0.15) is 0 Å². The summed E-state index contributed by atoms with van der Waals surface area (Å²) >= 11 is 0. The lowest BCUT2D eigenvalue weighted by Crippen LogP contribution is -2.30. The number of methoxy groups -OCH3 is 1. The first-order valence-electron chi connectivity index (χ1n) is 11.4. The van der Waals surface area contributed by atoms with Crippen molar-refractivity contribution in [2.75, 3.05) is 28.7 Å². The lowest BCUT2D eigenvalue weighted by Gasteiger charge is -2.24. The van der Waals surface area contributed by atoms with E-state index in [4.69, 9.17) is 10.5 Å². The fourth-order valence-electron chi connectivity index (χ4n) is 4.16. The predicted molar refractivity (Wildman–Crippen MR) is 145 cm³/mol. The van der Waals surface area contributed by atoms with Crippen molar-refractivity contribution in [1.29, 1.82) is 0 Å². The van der Waals surface area contributed by atoms with Gasteiger partial charge in [0.05, 0.1) is 41.6 Å². The summed E-state index contributed by atoms with van der Waals surface area (Å²) in [5.74, 6) is -0.859. The molecule has 0 unspecified atom stereocenters. The molecule has 1 aliphatic heterocycles. The topological polar surface area (TPSA) is 140 Å². The van der Waals surface area contributed by atoms with Gasteiger partial charge in [-0.15, -0.1) is 0 Å². The Kier molecular flexibility index (Phi) is 6.81. The van der Waals surface area contributed by atoms with E-state index in [2.05, 4.69) is 15.4 Å². The molecule has 37 heavy (non-hydrogen) atoms. The van der Waals surface area contributed by atoms with E-state index in [1.807, 2.05) is 30.3 Å². The number of benzene rings is 3. The fraction of sp³-hybridized carbons (Fsp3) is 0.185. The molecule has 4 rings (SSSR count). The van der Waals surface area contributed by atoms with Crippen LogP contribution in [0.3, 0.4) is 0 Å². The Labute approximate surface area is 215 Å². The molecule has 0 aliphatic carbocycles. The molecule has 3 aromatic rings. The molecule has 5 N–H and O–H groups in total. The average molecular weight is 521 g/mol. The van der Waals surface area contributed by atoms with Crippen LogP contribution in [0.2, 0.25) is 0 Å². The number of hydrogen-bond donors (Lipinski definition) is 4. The van der Waals surface area contributed by atoms with Gasteiger partial charge < -0.3 is 21.1 Å². The van der Waals surface area contributed by atoms with Crippen molar-refractivity contribution in [2.45, 2.75) is 19.4 Å². The number of fused-ring (bicyclic) bond motifs is 1. The van der Waals surface area contributed by atoms with Crippen molar-refractivity contribution in [1.82, 2.24) is 0 Å². The SMILES string of the molecule is COC(=O)c1ccc2c(c1)NC(=O)C2=C(Nc1ccc(C(C)(C)N)c(NS(C)(=O)=O)c1)c1ccccc1. The highest BCUT2D eigenvalue weighted by atomic mass is 32.2. The first kappa shape index (κ1) is 25.9. The van der Waals surface area contributed by atoms with Crippen LogP contribution in [0, 0.1) is 0 Å². The zero-order chi connectivity index (χ0) is 27.0. The van der Waals surface area contributed by atoms with E-state index >= 15 is 0 Å². The average Bonchev–Trinajstić information content (AvgIpc) is 3.15. The third-order valence-electron chi connectivity index (χ3n) is 5.78. The van der Waals surface area contributed by atoms with Crippen LogP contribution >= 0.6 is 0 Å². The molecule has 0 radical (unpaired) electrons. The van der Waals surface area contributed by atoms with Gasteiger partial charge in [-0.25, -0.2) is 13.2 Å². The first-order chi connectivity index (χ1) is 17.4. The van der Waals surface area contributed by atoms with Crippen molar-refractivity contribution in [2.24, 2.45) is 5.73 Å². The smallest absolute Gasteiger partial charge is 0.337 e. The molecular weight excluding hydrogens is 492 g/mol. The van der Waals surface area contributed by atoms with Crippen LogP contribution in [0.4, 0.5) is 17.1 Å². The number of esters is 1. The van der Waals surface area contributed by atoms with Crippen LogP contribution in [0.5, 0.6) is 0 Å². The normalized spacial score (nSPS) is 14.5. The highest BCUT2D eigenvalue weighted by molar-refractivity contribution is 7.92. The van der Waals surface area contributed by atoms with Gasteiger partial charge in [-0.3, -0.25) is 9.52 Å². The second-order valence-corrected chi connectivity index (χ2v) is 11.1. The Morgan fingerprint density at radius 2 is 1.70 bits per heavy atom. The molecule has 9 nitrogen and oxygen atoms in total. The lowest BCUT2D eigenvalue weighted by molar-refractivity contribution is -0.110. The molecule has 0 saturated heterocycles. The zero-order valence-electron chi connectivity index (χ0n) is 20.9. The number of sulfonamides is 1. The van der Waals surface area contributed by atoms with Crippen molar-refractivity contribution in [3.8, 4) is 0 Å². The van der Waals surface area contributed by atoms with Gasteiger partial charge in [0.15, 0.2) is 0 Å². The molecule has 0 bridgehead atoms. The zero-order valence-corrected chi connectivity index (χ0v) is 21.7. The number of amides is 1. The summed E-state index contributed by atoms with van der Waals surface area (Å²) in [5.41, 5.74) is 9.97. The number of nitrogens with two attached hydrogens (primary N) is 1. The minimum atomic E-state index is -3.58. The van der Waals surface area contributed by atoms with E-state index in [0.29, 0.717) is 45.0 Å². The molecule has 1 aliphatic rings. The van der Waals surface area contributed by atoms with E-state index in [1.54, 1.807) is 50.2 Å². The maximum atomic E-state index is 13.2. The highest BCUT2D eigenvalue weighted by Crippen LogP contribution is 2.39. The summed E-state index contributed by atoms with van der Waals surface area (Å²) in [6.07, 6.45) is 1.07. The Morgan fingerprint density at radius 1 is 1.00 bits per heavy atom. The van der Waals surface area contributed by atoms with Crippen LogP contribution in [0.25, 0.3) is 11.3 Å². The molecule has 192 valence electrons. The molecule has 0 saturated carbocycles. The van der Waals surface area contributed by atoms with E-state index in [1.165, 1.54) is 7.11 Å². The quantitative estimate of drug-likeness (QED) is 0.273. The number of ether oxygens (including phenoxy) is 1. The Hall–Kier alpha value is -4.15. The largest absolute Gasteiger partial charge is 0.465 e. The highest BCUT2D eigenvalue weighted by Gasteiger charge is 2.30. The van der Waals surface area contributed by atoms with Crippen LogP contribution in [-0.2, 0) is 25.1 Å². The van der Waals surface area contributed by atoms with Crippen LogP contribution in [-0.4, -0.2) is 33.7 Å². The minimum absolute atomic E-state index is 0.313. The van der Waals surface area contributed by atoms with Crippen molar-refractivity contribution >= 4 is 50.2 Å². The van der Waals surface area contributed by atoms with Gasteiger partial charge in [-0.2, -0.15) is 0 Å². The van der Waals surface area contributed by atoms with Gasteiger partial charge in [0.25, 0.3) is 5.91 Å². The molecule has 0 aromatic heterocycles. The van der Waals surface area contributed by atoms with E-state index in [-0.39, 0.29) is 5.91 Å². The van der Waals surface area contributed by atoms with Gasteiger partial charge >= 0.3 is 5.97 Å². The summed E-state index contributed by atoms with van der Waals surface area (Å²) in [6, 6.07) is 19.3. The molecule has 1 amide bonds. The molecular formula is C27H28N4O5S. The molecule has 3 aromatic carbocycles. The molecule has 1 heterocycles. The molecule has 10 heteroatoms. The van der Waals surface area contributed by atoms with Gasteiger partial charge in [-0.1, -0.05) is 42.5 Å². The van der Waals surface area contributed by atoms with Gasteiger partial charge in [0.2, 0.25) is 10.0 Å². The standard InChI is InChI=1S/C27H28N4O5S/c1-27(2,28)20-13-11-18(15-22(20)31-37(4,34)35)29-24(16-8-6-5-7-9-16)23-19-12-10-17(26(33)36-3)14-21(19)30-25(23)32/h5-15,29,31H,28H2,1-4H3,(H,30,32). The number of carbonyl (C=O) groups is 2. The number of carbonyl (C=O) groups excluding carboxylic acids is 2. The van der Waals surface area contributed by atoms with Crippen LogP contribution < -0.4 is 21.1 Å². The fourth-order valence-corrected chi connectivity index (χ4v) is 4.73. The Bertz CT molecular complexity index is 1520. The van der Waals surface area contributed by atoms with E-state index in [0.717, 1.165) is 11.8 Å². The molecule has 0 atom stereocenters. The minimum Gasteiger partial charge on any atom is -0.465 e. The predicted octanol–water partition coefficient (Wildman–Crippen LogP) is 3.97. The van der Waals surface area contributed by atoms with Crippen molar-refractivity contribution in [3.63, 3.8) is 0 Å². The summed E-state index contributed by atoms with van der Waals surface area (Å²) in [7, 11) is -2.29. The van der Waals surface area contributed by atoms with Crippen molar-refractivity contribution in [3.05, 3.63) is 89.0 Å². The number of anilines is 3. The van der Waals surface area contributed by atoms with Gasteiger partial charge in [0, 0.05) is 16.8 Å². The van der Waals surface area contributed by atoms with Crippen LogP contribution in [0.15, 0.2) is 66.7 Å². The van der Waals surface area contributed by atoms with Crippen molar-refractivity contribution < 1.29 is 22.7 Å². The number of nitrogens with one attached hydrogen (secondary N) is 3. The summed E-state index contributed by atoms with van der Waals surface area (Å²) in [4.78, 5) is 25.2. The second kappa shape index (κ2) is 9.72. The third kappa shape index (κ3) is 5.65. The monoisotopic (exact) mass is 520 g/mol. The summed E-state index contributed by atoms with van der Waals surface area (Å²) in [5, 5.41) is 6.13. The van der Waals surface area contributed by atoms with E-state index < -0.39 is 21.5 Å². The summed E-state index contributed by atoms with van der Waals surface area (Å²) in [6.45, 7) is 3.56. The Morgan fingerprint density at radius 3 is 2.32 bits per heavy atom. The molecule has 0 spiro atoms. The molecule has 0 fully saturated rings.